The van der Waals surface area contributed by atoms with E-state index in [2.05, 4.69) is 32.7 Å². The van der Waals surface area contributed by atoms with Gasteiger partial charge >= 0.3 is 0 Å². The third kappa shape index (κ3) is 6.19. The van der Waals surface area contributed by atoms with E-state index in [1.807, 2.05) is 12.1 Å². The lowest BCUT2D eigenvalue weighted by Crippen LogP contribution is -2.46. The SMILES string of the molecule is CN=C(NCCOC)NCC(c1ccc(OC)cc1)N1CCOCC1. The molecule has 0 spiro atoms. The summed E-state index contributed by atoms with van der Waals surface area (Å²) in [6.07, 6.45) is 0. The summed E-state index contributed by atoms with van der Waals surface area (Å²) in [4.78, 5) is 6.72. The van der Waals surface area contributed by atoms with E-state index in [0.717, 1.165) is 51.1 Å². The quantitative estimate of drug-likeness (QED) is 0.412. The average Bonchev–Trinajstić information content (AvgIpc) is 2.68. The van der Waals surface area contributed by atoms with Crippen molar-refractivity contribution in [2.75, 3.05) is 67.3 Å². The van der Waals surface area contributed by atoms with Crippen LogP contribution in [0.15, 0.2) is 29.3 Å². The maximum Gasteiger partial charge on any atom is 0.191 e. The first-order valence-electron chi connectivity index (χ1n) is 8.67. The molecule has 1 heterocycles. The number of methoxy groups -OCH3 is 2. The molecule has 0 bridgehead atoms. The number of ether oxygens (including phenoxy) is 3. The van der Waals surface area contributed by atoms with E-state index in [9.17, 15) is 0 Å². The van der Waals surface area contributed by atoms with Gasteiger partial charge in [0.05, 0.1) is 33.0 Å². The Morgan fingerprint density at radius 3 is 2.52 bits per heavy atom. The zero-order chi connectivity index (χ0) is 17.9. The smallest absolute Gasteiger partial charge is 0.191 e. The molecule has 0 amide bonds. The monoisotopic (exact) mass is 350 g/mol. The van der Waals surface area contributed by atoms with Crippen molar-refractivity contribution in [3.63, 3.8) is 0 Å². The summed E-state index contributed by atoms with van der Waals surface area (Å²) in [6.45, 7) is 5.52. The van der Waals surface area contributed by atoms with Gasteiger partial charge < -0.3 is 24.8 Å². The fraction of sp³-hybridized carbons (Fsp3) is 0.611. The summed E-state index contributed by atoms with van der Waals surface area (Å²) in [6, 6.07) is 8.52. The van der Waals surface area contributed by atoms with Crippen LogP contribution in [0.25, 0.3) is 0 Å². The van der Waals surface area contributed by atoms with Gasteiger partial charge in [0.15, 0.2) is 5.96 Å². The van der Waals surface area contributed by atoms with E-state index in [1.165, 1.54) is 5.56 Å². The van der Waals surface area contributed by atoms with Gasteiger partial charge in [-0.25, -0.2) is 0 Å². The molecule has 1 aliphatic heterocycles. The molecule has 1 atom stereocenters. The maximum atomic E-state index is 5.50. The van der Waals surface area contributed by atoms with E-state index in [0.29, 0.717) is 6.61 Å². The van der Waals surface area contributed by atoms with Crippen LogP contribution >= 0.6 is 0 Å². The number of guanidine groups is 1. The Balaban J connectivity index is 2.02. The second-order valence-corrected chi connectivity index (χ2v) is 5.81. The standard InChI is InChI=1S/C18H30N4O3/c1-19-18(20-8-11-23-2)21-14-17(22-9-12-25-13-10-22)15-4-6-16(24-3)7-5-15/h4-7,17H,8-14H2,1-3H3,(H2,19,20,21). The normalized spacial score (nSPS) is 17.2. The van der Waals surface area contributed by atoms with Gasteiger partial charge in [0.25, 0.3) is 0 Å². The molecule has 0 saturated carbocycles. The first-order chi connectivity index (χ1) is 12.3. The summed E-state index contributed by atoms with van der Waals surface area (Å²) >= 11 is 0. The summed E-state index contributed by atoms with van der Waals surface area (Å²) in [7, 11) is 5.15. The van der Waals surface area contributed by atoms with E-state index in [1.54, 1.807) is 21.3 Å². The third-order valence-corrected chi connectivity index (χ3v) is 4.27. The van der Waals surface area contributed by atoms with Gasteiger partial charge in [-0.15, -0.1) is 0 Å². The fourth-order valence-corrected chi connectivity index (χ4v) is 2.86. The number of benzene rings is 1. The van der Waals surface area contributed by atoms with Gasteiger partial charge in [-0.3, -0.25) is 9.89 Å². The number of aliphatic imine (C=N–C) groups is 1. The van der Waals surface area contributed by atoms with Crippen LogP contribution in [0.5, 0.6) is 5.75 Å². The molecule has 0 aromatic heterocycles. The highest BCUT2D eigenvalue weighted by Crippen LogP contribution is 2.23. The van der Waals surface area contributed by atoms with Crippen molar-refractivity contribution in [1.29, 1.82) is 0 Å². The Labute approximate surface area is 150 Å². The molecule has 2 N–H and O–H groups in total. The molecule has 1 saturated heterocycles. The molecule has 0 aliphatic carbocycles. The van der Waals surface area contributed by atoms with Crippen molar-refractivity contribution in [2.24, 2.45) is 4.99 Å². The summed E-state index contributed by atoms with van der Waals surface area (Å²) in [5.74, 6) is 1.65. The summed E-state index contributed by atoms with van der Waals surface area (Å²) < 4.78 is 15.8. The zero-order valence-corrected chi connectivity index (χ0v) is 15.5. The van der Waals surface area contributed by atoms with Gasteiger partial charge in [-0.05, 0) is 17.7 Å². The Bertz CT molecular complexity index is 516. The van der Waals surface area contributed by atoms with Crippen LogP contribution in [0.4, 0.5) is 0 Å². The molecule has 1 unspecified atom stereocenters. The summed E-state index contributed by atoms with van der Waals surface area (Å²) in [5.41, 5.74) is 1.25. The molecular formula is C18H30N4O3. The number of hydrogen-bond donors (Lipinski definition) is 2. The second-order valence-electron chi connectivity index (χ2n) is 5.81. The van der Waals surface area contributed by atoms with Gasteiger partial charge in [0.2, 0.25) is 0 Å². The lowest BCUT2D eigenvalue weighted by Gasteiger charge is -2.35. The molecule has 1 aliphatic rings. The molecule has 7 nitrogen and oxygen atoms in total. The minimum atomic E-state index is 0.246. The molecule has 2 rings (SSSR count). The highest BCUT2D eigenvalue weighted by atomic mass is 16.5. The van der Waals surface area contributed by atoms with Gasteiger partial charge in [-0.2, -0.15) is 0 Å². The molecule has 140 valence electrons. The lowest BCUT2D eigenvalue weighted by molar-refractivity contribution is 0.0170. The molecule has 1 fully saturated rings. The van der Waals surface area contributed by atoms with Crippen molar-refractivity contribution in [2.45, 2.75) is 6.04 Å². The zero-order valence-electron chi connectivity index (χ0n) is 15.5. The minimum Gasteiger partial charge on any atom is -0.497 e. The third-order valence-electron chi connectivity index (χ3n) is 4.27. The largest absolute Gasteiger partial charge is 0.497 e. The van der Waals surface area contributed by atoms with E-state index >= 15 is 0 Å². The number of rotatable bonds is 8. The fourth-order valence-electron chi connectivity index (χ4n) is 2.86. The molecule has 0 radical (unpaired) electrons. The van der Waals surface area contributed by atoms with Crippen LogP contribution in [-0.2, 0) is 9.47 Å². The predicted octanol–water partition coefficient (Wildman–Crippen LogP) is 0.880. The van der Waals surface area contributed by atoms with Crippen LogP contribution in [0.3, 0.4) is 0 Å². The van der Waals surface area contributed by atoms with Crippen LogP contribution in [0.1, 0.15) is 11.6 Å². The maximum absolute atomic E-state index is 5.50. The van der Waals surface area contributed by atoms with Crippen molar-refractivity contribution in [3.05, 3.63) is 29.8 Å². The Hall–Kier alpha value is -1.83. The molecule has 25 heavy (non-hydrogen) atoms. The molecule has 1 aromatic rings. The highest BCUT2D eigenvalue weighted by Gasteiger charge is 2.23. The molecule has 1 aromatic carbocycles. The number of nitrogens with one attached hydrogen (secondary N) is 2. The topological polar surface area (TPSA) is 67.4 Å². The van der Waals surface area contributed by atoms with Crippen molar-refractivity contribution in [3.8, 4) is 5.75 Å². The number of morpholine rings is 1. The van der Waals surface area contributed by atoms with Crippen molar-refractivity contribution < 1.29 is 14.2 Å². The Morgan fingerprint density at radius 1 is 1.20 bits per heavy atom. The van der Waals surface area contributed by atoms with Crippen molar-refractivity contribution in [1.82, 2.24) is 15.5 Å². The summed E-state index contributed by atoms with van der Waals surface area (Å²) in [5, 5.41) is 6.67. The predicted molar refractivity (Wildman–Crippen MR) is 99.4 cm³/mol. The first kappa shape index (κ1) is 19.5. The van der Waals surface area contributed by atoms with E-state index < -0.39 is 0 Å². The Kier molecular flexibility index (Phi) is 8.51. The average molecular weight is 350 g/mol. The minimum absolute atomic E-state index is 0.246. The van der Waals surface area contributed by atoms with Crippen LogP contribution in [-0.4, -0.2) is 78.1 Å². The second kappa shape index (κ2) is 10.9. The van der Waals surface area contributed by atoms with Crippen LogP contribution < -0.4 is 15.4 Å². The lowest BCUT2D eigenvalue weighted by atomic mass is 10.0. The number of hydrogen-bond acceptors (Lipinski definition) is 5. The van der Waals surface area contributed by atoms with Gasteiger partial charge in [-0.1, -0.05) is 12.1 Å². The molecular weight excluding hydrogens is 320 g/mol. The highest BCUT2D eigenvalue weighted by molar-refractivity contribution is 5.79. The Morgan fingerprint density at radius 2 is 1.92 bits per heavy atom. The van der Waals surface area contributed by atoms with Crippen LogP contribution in [0, 0.1) is 0 Å². The molecule has 7 heteroatoms. The van der Waals surface area contributed by atoms with E-state index in [-0.39, 0.29) is 6.04 Å². The van der Waals surface area contributed by atoms with Gasteiger partial charge in [0.1, 0.15) is 5.75 Å². The van der Waals surface area contributed by atoms with Crippen LogP contribution in [0.2, 0.25) is 0 Å². The van der Waals surface area contributed by atoms with Gasteiger partial charge in [0, 0.05) is 40.3 Å². The van der Waals surface area contributed by atoms with Crippen molar-refractivity contribution >= 4 is 5.96 Å². The first-order valence-corrected chi connectivity index (χ1v) is 8.67. The number of nitrogens with zero attached hydrogens (tertiary/aromatic N) is 2. The van der Waals surface area contributed by atoms with E-state index in [4.69, 9.17) is 14.2 Å².